The van der Waals surface area contributed by atoms with E-state index in [4.69, 9.17) is 0 Å². The maximum atomic E-state index is 13.5. The number of nitrogens with one attached hydrogen (secondary N) is 1. The van der Waals surface area contributed by atoms with Crippen molar-refractivity contribution in [3.63, 3.8) is 0 Å². The van der Waals surface area contributed by atoms with Gasteiger partial charge in [0.1, 0.15) is 0 Å². The first-order valence-corrected chi connectivity index (χ1v) is 13.4. The minimum Gasteiger partial charge on any atom is -0.393 e. The minimum atomic E-state index is -3.66. The molecule has 0 radical (unpaired) electrons. The zero-order chi connectivity index (χ0) is 24.7. The van der Waals surface area contributed by atoms with Crippen LogP contribution in [0.2, 0.25) is 0 Å². The van der Waals surface area contributed by atoms with Gasteiger partial charge in [0, 0.05) is 26.4 Å². The van der Waals surface area contributed by atoms with Crippen molar-refractivity contribution < 1.29 is 18.3 Å². The number of aliphatic hydroxyl groups is 1. The summed E-state index contributed by atoms with van der Waals surface area (Å²) in [6.45, 7) is 0. The van der Waals surface area contributed by atoms with Crippen molar-refractivity contribution in [3.05, 3.63) is 60.3 Å². The molecule has 3 aromatic rings. The van der Waals surface area contributed by atoms with Crippen molar-refractivity contribution in [2.45, 2.75) is 53.9 Å². The lowest BCUT2D eigenvalue weighted by molar-refractivity contribution is -0.118. The molecule has 1 fully saturated rings. The highest BCUT2D eigenvalue weighted by Crippen LogP contribution is 2.45. The Balaban J connectivity index is 1.51. The molecule has 1 aliphatic heterocycles. The van der Waals surface area contributed by atoms with Gasteiger partial charge in [-0.3, -0.25) is 9.48 Å². The van der Waals surface area contributed by atoms with Crippen LogP contribution in [0.25, 0.3) is 0 Å². The van der Waals surface area contributed by atoms with Crippen LogP contribution >= 0.6 is 0 Å². The lowest BCUT2D eigenvalue weighted by atomic mass is 9.79. The van der Waals surface area contributed by atoms with E-state index in [0.29, 0.717) is 29.5 Å². The van der Waals surface area contributed by atoms with Crippen molar-refractivity contribution in [2.24, 2.45) is 13.0 Å². The summed E-state index contributed by atoms with van der Waals surface area (Å²) in [5.41, 5.74) is 1.95. The molecule has 1 aliphatic carbocycles. The summed E-state index contributed by atoms with van der Waals surface area (Å²) < 4.78 is 28.2. The molecule has 0 saturated heterocycles. The van der Waals surface area contributed by atoms with Gasteiger partial charge in [-0.15, -0.1) is 0 Å². The summed E-state index contributed by atoms with van der Waals surface area (Å²) in [4.78, 5) is 15.9. The Labute approximate surface area is 205 Å². The lowest BCUT2D eigenvalue weighted by Gasteiger charge is -2.32. The van der Waals surface area contributed by atoms with Crippen LogP contribution in [0.15, 0.2) is 64.5 Å². The number of rotatable bonds is 5. The van der Waals surface area contributed by atoms with Crippen molar-refractivity contribution in [1.29, 1.82) is 0 Å². The summed E-state index contributed by atoms with van der Waals surface area (Å²) in [7, 11) is -0.0203. The Hall–Kier alpha value is -3.17. The molecule has 184 valence electrons. The van der Waals surface area contributed by atoms with E-state index in [1.54, 1.807) is 54.3 Å². The SMILES string of the molecule is CN1c2ccccc2S(=O)(=O)c2ccc(C(CC3CCC(O)CC3)C(=O)Nc3ccn(C)n3)cc21. The molecule has 1 saturated carbocycles. The minimum absolute atomic E-state index is 0.170. The fourth-order valence-electron chi connectivity index (χ4n) is 5.25. The topological polar surface area (TPSA) is 105 Å². The third-order valence-corrected chi connectivity index (χ3v) is 9.07. The zero-order valence-electron chi connectivity index (χ0n) is 19.9. The predicted molar refractivity (Wildman–Crippen MR) is 134 cm³/mol. The highest BCUT2D eigenvalue weighted by molar-refractivity contribution is 7.92. The van der Waals surface area contributed by atoms with E-state index >= 15 is 0 Å². The molecule has 0 spiro atoms. The van der Waals surface area contributed by atoms with Gasteiger partial charge in [-0.05, 0) is 67.9 Å². The molecule has 9 heteroatoms. The van der Waals surface area contributed by atoms with Crippen molar-refractivity contribution >= 4 is 32.9 Å². The monoisotopic (exact) mass is 494 g/mol. The van der Waals surface area contributed by atoms with Crippen molar-refractivity contribution in [2.75, 3.05) is 17.3 Å². The average Bonchev–Trinajstić information content (AvgIpc) is 3.26. The number of carbonyl (C=O) groups excluding carboxylic acids is 1. The molecule has 2 N–H and O–H groups in total. The molecule has 5 rings (SSSR count). The average molecular weight is 495 g/mol. The molecule has 2 aliphatic rings. The third-order valence-electron chi connectivity index (χ3n) is 7.22. The third kappa shape index (κ3) is 4.46. The number of aryl methyl sites for hydroxylation is 1. The van der Waals surface area contributed by atoms with Gasteiger partial charge in [-0.1, -0.05) is 18.2 Å². The van der Waals surface area contributed by atoms with Gasteiger partial charge in [0.15, 0.2) is 5.82 Å². The van der Waals surface area contributed by atoms with E-state index in [0.717, 1.165) is 31.2 Å². The van der Waals surface area contributed by atoms with Crippen LogP contribution in [-0.2, 0) is 21.7 Å². The largest absolute Gasteiger partial charge is 0.393 e. The van der Waals surface area contributed by atoms with Gasteiger partial charge in [0.2, 0.25) is 15.7 Å². The number of hydrogen-bond acceptors (Lipinski definition) is 6. The number of hydrogen-bond donors (Lipinski definition) is 2. The van der Waals surface area contributed by atoms with Crippen LogP contribution in [0.4, 0.5) is 17.2 Å². The number of amides is 1. The molecular weight excluding hydrogens is 464 g/mol. The number of anilines is 3. The number of aliphatic hydroxyl groups excluding tert-OH is 1. The van der Waals surface area contributed by atoms with Gasteiger partial charge in [-0.25, -0.2) is 8.42 Å². The second-order valence-electron chi connectivity index (χ2n) is 9.58. The van der Waals surface area contributed by atoms with E-state index in [9.17, 15) is 18.3 Å². The first-order valence-electron chi connectivity index (χ1n) is 11.9. The molecule has 1 unspecified atom stereocenters. The lowest BCUT2D eigenvalue weighted by Crippen LogP contribution is -2.27. The molecule has 0 bridgehead atoms. The van der Waals surface area contributed by atoms with Crippen LogP contribution in [0.5, 0.6) is 0 Å². The number of nitrogens with zero attached hydrogens (tertiary/aromatic N) is 3. The Kier molecular flexibility index (Phi) is 6.14. The van der Waals surface area contributed by atoms with E-state index in [-0.39, 0.29) is 21.8 Å². The van der Waals surface area contributed by atoms with E-state index in [2.05, 4.69) is 10.4 Å². The first-order chi connectivity index (χ1) is 16.7. The normalized spacial score (nSPS) is 21.6. The maximum Gasteiger partial charge on any atom is 0.233 e. The highest BCUT2D eigenvalue weighted by atomic mass is 32.2. The van der Waals surface area contributed by atoms with Crippen LogP contribution in [-0.4, -0.2) is 42.4 Å². The molecule has 8 nitrogen and oxygen atoms in total. The van der Waals surface area contributed by atoms with E-state index in [1.807, 2.05) is 24.1 Å². The number of aromatic nitrogens is 2. The summed E-state index contributed by atoms with van der Waals surface area (Å²) in [5.74, 6) is 0.136. The molecule has 2 heterocycles. The molecular formula is C26H30N4O4S. The molecule has 1 aromatic heterocycles. The van der Waals surface area contributed by atoms with Crippen LogP contribution < -0.4 is 10.2 Å². The zero-order valence-corrected chi connectivity index (χ0v) is 20.7. The quantitative estimate of drug-likeness (QED) is 0.556. The Bertz CT molecular complexity index is 1360. The Morgan fingerprint density at radius 2 is 1.77 bits per heavy atom. The van der Waals surface area contributed by atoms with Crippen LogP contribution in [0.1, 0.15) is 43.6 Å². The second kappa shape index (κ2) is 9.13. The molecule has 2 aromatic carbocycles. The van der Waals surface area contributed by atoms with E-state index in [1.165, 1.54) is 0 Å². The molecule has 35 heavy (non-hydrogen) atoms. The summed E-state index contributed by atoms with van der Waals surface area (Å²) in [6, 6.07) is 13.9. The van der Waals surface area contributed by atoms with Crippen molar-refractivity contribution in [3.8, 4) is 0 Å². The Morgan fingerprint density at radius 1 is 1.06 bits per heavy atom. The fraction of sp³-hybridized carbons (Fsp3) is 0.385. The maximum absolute atomic E-state index is 13.5. The molecule has 1 amide bonds. The number of sulfone groups is 1. The number of carbonyl (C=O) groups is 1. The molecule has 1 atom stereocenters. The number of benzene rings is 2. The smallest absolute Gasteiger partial charge is 0.233 e. The van der Waals surface area contributed by atoms with Crippen LogP contribution in [0.3, 0.4) is 0 Å². The van der Waals surface area contributed by atoms with Crippen molar-refractivity contribution in [1.82, 2.24) is 9.78 Å². The summed E-state index contributed by atoms with van der Waals surface area (Å²) in [6.07, 6.45) is 5.32. The second-order valence-corrected chi connectivity index (χ2v) is 11.5. The van der Waals surface area contributed by atoms with Gasteiger partial charge < -0.3 is 15.3 Å². The first kappa shape index (κ1) is 23.6. The van der Waals surface area contributed by atoms with Crippen LogP contribution in [0, 0.1) is 5.92 Å². The van der Waals surface area contributed by atoms with Gasteiger partial charge in [0.05, 0.1) is 33.2 Å². The standard InChI is InChI=1S/C26H30N4O4S/c1-29-14-13-25(28-29)27-26(32)20(15-17-7-10-19(31)11-8-17)18-9-12-24-22(16-18)30(2)21-5-3-4-6-23(21)35(24,33)34/h3-6,9,12-14,16-17,19-20,31H,7-8,10-11,15H2,1-2H3,(H,27,28,32). The summed E-state index contributed by atoms with van der Waals surface area (Å²) in [5, 5.41) is 17.1. The highest BCUT2D eigenvalue weighted by Gasteiger charge is 2.34. The summed E-state index contributed by atoms with van der Waals surface area (Å²) >= 11 is 0. The van der Waals surface area contributed by atoms with Gasteiger partial charge in [0.25, 0.3) is 0 Å². The Morgan fingerprint density at radius 3 is 2.49 bits per heavy atom. The van der Waals surface area contributed by atoms with Gasteiger partial charge >= 0.3 is 0 Å². The number of fused-ring (bicyclic) bond motifs is 2. The predicted octanol–water partition coefficient (Wildman–Crippen LogP) is 4.00. The van der Waals surface area contributed by atoms with E-state index < -0.39 is 15.8 Å². The number of para-hydroxylation sites is 1. The fourth-order valence-corrected chi connectivity index (χ4v) is 6.95. The van der Waals surface area contributed by atoms with Gasteiger partial charge in [-0.2, -0.15) is 5.10 Å².